The second-order valence-electron chi connectivity index (χ2n) is 11.7. The molecule has 10 nitrogen and oxygen atoms in total. The van der Waals surface area contributed by atoms with Gasteiger partial charge in [0.15, 0.2) is 0 Å². The fraction of sp³-hybridized carbons (Fsp3) is 0.556. The normalized spacial score (nSPS) is 12.1. The van der Waals surface area contributed by atoms with Crippen molar-refractivity contribution in [3.8, 4) is 0 Å². The topological polar surface area (TPSA) is 163 Å². The van der Waals surface area contributed by atoms with Gasteiger partial charge in [0.1, 0.15) is 13.2 Å². The third-order valence-corrected chi connectivity index (χ3v) is 7.68. The van der Waals surface area contributed by atoms with Crippen LogP contribution in [0.3, 0.4) is 0 Å². The molecular formula is C36H54N4O6. The van der Waals surface area contributed by atoms with E-state index in [2.05, 4.69) is 10.6 Å². The summed E-state index contributed by atoms with van der Waals surface area (Å²) in [5.41, 5.74) is 13.7. The van der Waals surface area contributed by atoms with Gasteiger partial charge in [0, 0.05) is 25.9 Å². The van der Waals surface area contributed by atoms with Gasteiger partial charge in [0.2, 0.25) is 11.8 Å². The molecule has 2 aromatic carbocycles. The van der Waals surface area contributed by atoms with Crippen LogP contribution in [0.1, 0.15) is 101 Å². The minimum absolute atomic E-state index is 0.115. The molecule has 254 valence electrons. The van der Waals surface area contributed by atoms with Crippen LogP contribution in [0, 0.1) is 0 Å². The summed E-state index contributed by atoms with van der Waals surface area (Å²) in [5, 5.41) is 5.73. The van der Waals surface area contributed by atoms with Crippen LogP contribution in [0.5, 0.6) is 0 Å². The highest BCUT2D eigenvalue weighted by Gasteiger charge is 2.16. The average molecular weight is 639 g/mol. The second kappa shape index (κ2) is 24.5. The van der Waals surface area contributed by atoms with E-state index in [-0.39, 0.29) is 62.7 Å². The third-order valence-electron chi connectivity index (χ3n) is 7.68. The summed E-state index contributed by atoms with van der Waals surface area (Å²) in [6.45, 7) is 1.62. The first-order chi connectivity index (χ1) is 22.3. The maximum absolute atomic E-state index is 12.2. The number of nitrogens with two attached hydrogens (primary N) is 2. The van der Waals surface area contributed by atoms with Gasteiger partial charge in [-0.1, -0.05) is 112 Å². The maximum atomic E-state index is 12.2. The SMILES string of the molecule is N[C@@H](CCC(=O)OCc1ccccc1)C(=O)NCCCCCCCCCCCCNC(=O)[C@@H](N)CCC(=O)OCc1ccccc1. The van der Waals surface area contributed by atoms with Gasteiger partial charge in [-0.15, -0.1) is 0 Å². The Bertz CT molecular complexity index is 1040. The lowest BCUT2D eigenvalue weighted by Gasteiger charge is -2.12. The van der Waals surface area contributed by atoms with E-state index >= 15 is 0 Å². The van der Waals surface area contributed by atoms with E-state index in [0.29, 0.717) is 13.1 Å². The molecule has 0 bridgehead atoms. The maximum Gasteiger partial charge on any atom is 0.306 e. The molecule has 0 saturated carbocycles. The van der Waals surface area contributed by atoms with Gasteiger partial charge in [-0.25, -0.2) is 0 Å². The third kappa shape index (κ3) is 18.9. The van der Waals surface area contributed by atoms with Gasteiger partial charge >= 0.3 is 11.9 Å². The first kappa shape index (κ1) is 38.4. The molecule has 2 atom stereocenters. The summed E-state index contributed by atoms with van der Waals surface area (Å²) in [6.07, 6.45) is 11.7. The minimum atomic E-state index is -0.717. The van der Waals surface area contributed by atoms with Crippen molar-refractivity contribution in [3.05, 3.63) is 71.8 Å². The number of nitrogens with one attached hydrogen (secondary N) is 2. The Labute approximate surface area is 274 Å². The number of unbranched alkanes of at least 4 members (excludes halogenated alkanes) is 9. The summed E-state index contributed by atoms with van der Waals surface area (Å²) < 4.78 is 10.5. The Hall–Kier alpha value is -3.76. The number of hydrogen-bond acceptors (Lipinski definition) is 8. The fourth-order valence-corrected chi connectivity index (χ4v) is 4.78. The van der Waals surface area contributed by atoms with Crippen LogP contribution in [0.25, 0.3) is 0 Å². The van der Waals surface area contributed by atoms with Gasteiger partial charge in [0.05, 0.1) is 12.1 Å². The van der Waals surface area contributed by atoms with E-state index in [0.717, 1.165) is 49.7 Å². The second-order valence-corrected chi connectivity index (χ2v) is 11.7. The van der Waals surface area contributed by atoms with Crippen molar-refractivity contribution in [1.82, 2.24) is 10.6 Å². The van der Waals surface area contributed by atoms with Crippen LogP contribution in [-0.2, 0) is 41.9 Å². The smallest absolute Gasteiger partial charge is 0.306 e. The summed E-state index contributed by atoms with van der Waals surface area (Å²) in [4.78, 5) is 48.2. The Balaban J connectivity index is 1.33. The van der Waals surface area contributed by atoms with Crippen molar-refractivity contribution < 1.29 is 28.7 Å². The highest BCUT2D eigenvalue weighted by molar-refractivity contribution is 5.82. The largest absolute Gasteiger partial charge is 0.461 e. The molecule has 0 aromatic heterocycles. The van der Waals surface area contributed by atoms with Crippen LogP contribution in [0.4, 0.5) is 0 Å². The number of carbonyl (C=O) groups excluding carboxylic acids is 4. The fourth-order valence-electron chi connectivity index (χ4n) is 4.78. The van der Waals surface area contributed by atoms with Crippen molar-refractivity contribution in [2.24, 2.45) is 11.5 Å². The molecule has 0 saturated heterocycles. The number of esters is 2. The van der Waals surface area contributed by atoms with Crippen molar-refractivity contribution in [2.45, 2.75) is 115 Å². The molecule has 2 amide bonds. The van der Waals surface area contributed by atoms with Gasteiger partial charge in [-0.05, 0) is 36.8 Å². The van der Waals surface area contributed by atoms with E-state index in [9.17, 15) is 19.2 Å². The summed E-state index contributed by atoms with van der Waals surface area (Å²) in [6, 6.07) is 17.5. The molecule has 0 aliphatic rings. The zero-order valence-corrected chi connectivity index (χ0v) is 27.3. The predicted molar refractivity (Wildman–Crippen MR) is 179 cm³/mol. The summed E-state index contributed by atoms with van der Waals surface area (Å²) in [7, 11) is 0. The monoisotopic (exact) mass is 638 g/mol. The van der Waals surface area contributed by atoms with Crippen molar-refractivity contribution in [1.29, 1.82) is 0 Å². The lowest BCUT2D eigenvalue weighted by molar-refractivity contribution is -0.146. The molecule has 46 heavy (non-hydrogen) atoms. The minimum Gasteiger partial charge on any atom is -0.461 e. The zero-order chi connectivity index (χ0) is 33.2. The number of carbonyl (C=O) groups is 4. The lowest BCUT2D eigenvalue weighted by Crippen LogP contribution is -2.41. The van der Waals surface area contributed by atoms with Crippen LogP contribution in [-0.4, -0.2) is 48.9 Å². The molecule has 0 radical (unpaired) electrons. The van der Waals surface area contributed by atoms with Crippen molar-refractivity contribution >= 4 is 23.8 Å². The van der Waals surface area contributed by atoms with Gasteiger partial charge < -0.3 is 31.6 Å². The molecule has 2 rings (SSSR count). The average Bonchev–Trinajstić information content (AvgIpc) is 3.08. The Morgan fingerprint density at radius 3 is 1.20 bits per heavy atom. The van der Waals surface area contributed by atoms with Crippen LogP contribution < -0.4 is 22.1 Å². The molecular weight excluding hydrogens is 584 g/mol. The standard InChI is InChI=1S/C36H54N4O6/c37-31(21-23-33(41)45-27-29-17-11-9-12-18-29)35(43)39-25-15-7-5-3-1-2-4-6-8-16-26-40-36(44)32(38)22-24-34(42)46-28-30-19-13-10-14-20-30/h9-14,17-20,31-32H,1-8,15-16,21-28,37-38H2,(H,39,43)(H,40,44)/t31-,32-/m0/s1. The van der Waals surface area contributed by atoms with Crippen LogP contribution in [0.15, 0.2) is 60.7 Å². The molecule has 0 unspecified atom stereocenters. The summed E-state index contributed by atoms with van der Waals surface area (Å²) in [5.74, 6) is -1.17. The number of ether oxygens (including phenoxy) is 2. The first-order valence-electron chi connectivity index (χ1n) is 16.8. The quantitative estimate of drug-likeness (QED) is 0.0889. The molecule has 2 aromatic rings. The first-order valence-corrected chi connectivity index (χ1v) is 16.8. The van der Waals surface area contributed by atoms with Crippen molar-refractivity contribution in [2.75, 3.05) is 13.1 Å². The molecule has 0 fully saturated rings. The molecule has 10 heteroatoms. The number of benzene rings is 2. The van der Waals surface area contributed by atoms with E-state index in [1.165, 1.54) is 25.7 Å². The van der Waals surface area contributed by atoms with Crippen LogP contribution in [0.2, 0.25) is 0 Å². The Morgan fingerprint density at radius 2 is 0.848 bits per heavy atom. The highest BCUT2D eigenvalue weighted by Crippen LogP contribution is 2.11. The molecule has 0 aliphatic heterocycles. The predicted octanol–water partition coefficient (Wildman–Crippen LogP) is 4.82. The number of rotatable bonds is 25. The van der Waals surface area contributed by atoms with Gasteiger partial charge in [-0.2, -0.15) is 0 Å². The molecule has 0 aliphatic carbocycles. The van der Waals surface area contributed by atoms with Gasteiger partial charge in [0.25, 0.3) is 0 Å². The van der Waals surface area contributed by atoms with E-state index in [4.69, 9.17) is 20.9 Å². The van der Waals surface area contributed by atoms with Gasteiger partial charge in [-0.3, -0.25) is 19.2 Å². The number of amides is 2. The van der Waals surface area contributed by atoms with E-state index < -0.39 is 12.1 Å². The van der Waals surface area contributed by atoms with E-state index in [1.807, 2.05) is 60.7 Å². The Morgan fingerprint density at radius 1 is 0.522 bits per heavy atom. The van der Waals surface area contributed by atoms with Crippen LogP contribution >= 0.6 is 0 Å². The zero-order valence-electron chi connectivity index (χ0n) is 27.3. The number of hydrogen-bond donors (Lipinski definition) is 4. The highest BCUT2D eigenvalue weighted by atomic mass is 16.5. The van der Waals surface area contributed by atoms with Crippen molar-refractivity contribution in [3.63, 3.8) is 0 Å². The molecule has 0 spiro atoms. The molecule has 0 heterocycles. The van der Waals surface area contributed by atoms with E-state index in [1.54, 1.807) is 0 Å². The Kier molecular flexibility index (Phi) is 20.4. The summed E-state index contributed by atoms with van der Waals surface area (Å²) >= 11 is 0. The molecule has 6 N–H and O–H groups in total. The lowest BCUT2D eigenvalue weighted by atomic mass is 10.1.